The van der Waals surface area contributed by atoms with E-state index in [0.717, 1.165) is 0 Å². The third-order valence-corrected chi connectivity index (χ3v) is 9.09. The number of anilines is 1. The van der Waals surface area contributed by atoms with Gasteiger partial charge in [0.25, 0.3) is 0 Å². The molecule has 198 valence electrons. The minimum atomic E-state index is -4.68. The summed E-state index contributed by atoms with van der Waals surface area (Å²) in [5, 5.41) is 22.7. The molecule has 38 heavy (non-hydrogen) atoms. The number of nitriles is 1. The predicted octanol–water partition coefficient (Wildman–Crippen LogP) is 2.97. The molecule has 5 heterocycles. The Hall–Kier alpha value is -3.62. The quantitative estimate of drug-likeness (QED) is 0.369. The minimum Gasteiger partial charge on any atom is -0.428 e. The summed E-state index contributed by atoms with van der Waals surface area (Å²) in [6, 6.07) is 3.49. The number of nitrogens with one attached hydrogen (secondary N) is 1. The standard InChI is InChI=1S/C21H18F3N9O3S2/c22-21(23,24)19-30-29-18(37-19)16-26-8-15-14(32-5-1-12(2-6-32)17-28-27-11-36-17)7-13(9-33(15)16)38(34,35)31-20(10-25)3-4-20/h7-9,11-12,31H,1-6H2. The molecule has 1 saturated heterocycles. The first-order valence-corrected chi connectivity index (χ1v) is 13.8. The monoisotopic (exact) mass is 565 g/mol. The first-order chi connectivity index (χ1) is 18.1. The summed E-state index contributed by atoms with van der Waals surface area (Å²) in [4.78, 5) is 6.10. The maximum Gasteiger partial charge on any atom is 0.445 e. The van der Waals surface area contributed by atoms with Crippen molar-refractivity contribution in [2.24, 2.45) is 0 Å². The lowest BCUT2D eigenvalue weighted by Gasteiger charge is -2.33. The third-order valence-electron chi connectivity index (χ3n) is 6.62. The molecule has 0 amide bonds. The zero-order valence-corrected chi connectivity index (χ0v) is 21.0. The molecule has 1 aliphatic carbocycles. The van der Waals surface area contributed by atoms with Crippen LogP contribution >= 0.6 is 11.3 Å². The predicted molar refractivity (Wildman–Crippen MR) is 125 cm³/mol. The summed E-state index contributed by atoms with van der Waals surface area (Å²) in [5.74, 6) is 0.602. The molecule has 2 fully saturated rings. The number of pyridine rings is 1. The van der Waals surface area contributed by atoms with Gasteiger partial charge >= 0.3 is 6.18 Å². The molecule has 0 radical (unpaired) electrons. The van der Waals surface area contributed by atoms with Crippen molar-refractivity contribution in [1.29, 1.82) is 5.26 Å². The topological polar surface area (TPSA) is 155 Å². The normalized spacial score (nSPS) is 18.1. The summed E-state index contributed by atoms with van der Waals surface area (Å²) >= 11 is 0.314. The van der Waals surface area contributed by atoms with Gasteiger partial charge in [0.05, 0.1) is 23.5 Å². The van der Waals surface area contributed by atoms with Crippen LogP contribution in [0.3, 0.4) is 0 Å². The van der Waals surface area contributed by atoms with Crippen molar-refractivity contribution in [3.05, 3.63) is 35.8 Å². The Morgan fingerprint density at radius 3 is 2.58 bits per heavy atom. The fourth-order valence-electron chi connectivity index (χ4n) is 4.45. The maximum atomic E-state index is 13.3. The molecule has 0 aromatic carbocycles. The Balaban J connectivity index is 1.42. The van der Waals surface area contributed by atoms with Crippen LogP contribution in [0, 0.1) is 11.3 Å². The van der Waals surface area contributed by atoms with Crippen LogP contribution in [0.2, 0.25) is 0 Å². The summed E-state index contributed by atoms with van der Waals surface area (Å²) in [7, 11) is -4.15. The van der Waals surface area contributed by atoms with Gasteiger partial charge in [-0.15, -0.1) is 20.4 Å². The van der Waals surface area contributed by atoms with Gasteiger partial charge in [0, 0.05) is 25.2 Å². The fraction of sp³-hybridized carbons (Fsp3) is 0.429. The number of aromatic nitrogens is 6. The van der Waals surface area contributed by atoms with Crippen molar-refractivity contribution in [2.45, 2.75) is 48.2 Å². The number of rotatable bonds is 6. The van der Waals surface area contributed by atoms with E-state index >= 15 is 0 Å². The van der Waals surface area contributed by atoms with Gasteiger partial charge in [0.1, 0.15) is 10.4 Å². The van der Waals surface area contributed by atoms with Crippen molar-refractivity contribution in [1.82, 2.24) is 34.5 Å². The summed E-state index contributed by atoms with van der Waals surface area (Å²) < 4.78 is 75.3. The maximum absolute atomic E-state index is 13.3. The molecule has 1 N–H and O–H groups in total. The Labute approximate surface area is 217 Å². The van der Waals surface area contributed by atoms with E-state index in [1.165, 1.54) is 29.3 Å². The lowest BCUT2D eigenvalue weighted by molar-refractivity contribution is -0.138. The molecular weight excluding hydrogens is 547 g/mol. The van der Waals surface area contributed by atoms with E-state index in [1.807, 2.05) is 11.0 Å². The van der Waals surface area contributed by atoms with Crippen LogP contribution < -0.4 is 9.62 Å². The van der Waals surface area contributed by atoms with Crippen LogP contribution in [-0.4, -0.2) is 56.8 Å². The van der Waals surface area contributed by atoms with Crippen molar-refractivity contribution in [3.8, 4) is 16.9 Å². The molecule has 1 saturated carbocycles. The van der Waals surface area contributed by atoms with Crippen LogP contribution in [0.25, 0.3) is 16.3 Å². The molecule has 2 aliphatic rings. The lowest BCUT2D eigenvalue weighted by atomic mass is 9.96. The number of piperidine rings is 1. The summed E-state index contributed by atoms with van der Waals surface area (Å²) in [6.45, 7) is 1.05. The third kappa shape index (κ3) is 4.37. The number of fused-ring (bicyclic) bond motifs is 1. The van der Waals surface area contributed by atoms with Crippen LogP contribution in [0.5, 0.6) is 0 Å². The second-order valence-corrected chi connectivity index (χ2v) is 11.8. The van der Waals surface area contributed by atoms with E-state index in [2.05, 4.69) is 30.1 Å². The smallest absolute Gasteiger partial charge is 0.428 e. The van der Waals surface area contributed by atoms with Gasteiger partial charge in [0.2, 0.25) is 27.3 Å². The van der Waals surface area contributed by atoms with Gasteiger partial charge in [-0.2, -0.15) is 23.2 Å². The van der Waals surface area contributed by atoms with Crippen LogP contribution in [0.15, 0.2) is 34.2 Å². The average molecular weight is 566 g/mol. The summed E-state index contributed by atoms with van der Waals surface area (Å²) in [5.41, 5.74) is -0.145. The van der Waals surface area contributed by atoms with Gasteiger partial charge in [-0.3, -0.25) is 4.40 Å². The van der Waals surface area contributed by atoms with E-state index in [1.54, 1.807) is 0 Å². The highest BCUT2D eigenvalue weighted by Gasteiger charge is 2.47. The number of hydrogen-bond acceptors (Lipinski definition) is 11. The fourth-order valence-corrected chi connectivity index (χ4v) is 6.54. The van der Waals surface area contributed by atoms with Gasteiger partial charge in [-0.05, 0) is 31.7 Å². The first-order valence-electron chi connectivity index (χ1n) is 11.5. The van der Waals surface area contributed by atoms with Gasteiger partial charge in [-0.1, -0.05) is 11.3 Å². The highest BCUT2D eigenvalue weighted by atomic mass is 32.2. The Morgan fingerprint density at radius 2 is 1.97 bits per heavy atom. The van der Waals surface area contributed by atoms with Crippen molar-refractivity contribution >= 4 is 32.6 Å². The molecule has 12 nitrogen and oxygen atoms in total. The molecule has 17 heteroatoms. The molecule has 4 aromatic heterocycles. The van der Waals surface area contributed by atoms with Crippen molar-refractivity contribution in [2.75, 3.05) is 18.0 Å². The molecule has 6 rings (SSSR count). The van der Waals surface area contributed by atoms with Gasteiger partial charge in [0.15, 0.2) is 10.8 Å². The molecular formula is C21H18F3N9O3S2. The van der Waals surface area contributed by atoms with Crippen LogP contribution in [0.4, 0.5) is 18.9 Å². The van der Waals surface area contributed by atoms with Crippen LogP contribution in [-0.2, 0) is 16.2 Å². The summed E-state index contributed by atoms with van der Waals surface area (Å²) in [6.07, 6.45) is 1.43. The number of halogens is 3. The van der Waals surface area contributed by atoms with E-state index in [9.17, 15) is 26.9 Å². The van der Waals surface area contributed by atoms with E-state index < -0.39 is 26.7 Å². The first kappa shape index (κ1) is 24.7. The number of sulfonamides is 1. The SMILES string of the molecule is N#CC1(NS(=O)(=O)c2cc(N3CCC(c4nnco4)CC3)c3cnc(-c4nnc(C(F)(F)F)s4)n3c2)CC1. The van der Waals surface area contributed by atoms with Gasteiger partial charge in [-0.25, -0.2) is 13.4 Å². The highest BCUT2D eigenvalue weighted by molar-refractivity contribution is 7.89. The van der Waals surface area contributed by atoms with Crippen molar-refractivity contribution < 1.29 is 26.0 Å². The van der Waals surface area contributed by atoms with E-state index in [0.29, 0.717) is 67.2 Å². The second-order valence-electron chi connectivity index (χ2n) is 9.15. The van der Waals surface area contributed by atoms with E-state index in [-0.39, 0.29) is 21.6 Å². The average Bonchev–Trinajstić information content (AvgIpc) is 3.33. The van der Waals surface area contributed by atoms with Crippen LogP contribution in [0.1, 0.15) is 42.5 Å². The largest absolute Gasteiger partial charge is 0.445 e. The minimum absolute atomic E-state index is 0.0217. The highest BCUT2D eigenvalue weighted by Crippen LogP contribution is 2.39. The second kappa shape index (κ2) is 8.71. The molecule has 0 spiro atoms. The number of nitrogens with zero attached hydrogens (tertiary/aromatic N) is 8. The molecule has 1 aliphatic heterocycles. The Bertz CT molecular complexity index is 1650. The number of imidazole rings is 1. The molecule has 0 unspecified atom stereocenters. The Morgan fingerprint density at radius 1 is 1.21 bits per heavy atom. The zero-order valence-electron chi connectivity index (χ0n) is 19.4. The Kier molecular flexibility index (Phi) is 5.66. The molecule has 0 atom stereocenters. The van der Waals surface area contributed by atoms with Crippen molar-refractivity contribution in [3.63, 3.8) is 0 Å². The zero-order chi connectivity index (χ0) is 26.7. The van der Waals surface area contributed by atoms with E-state index in [4.69, 9.17) is 4.42 Å². The molecule has 4 aromatic rings. The molecule has 0 bridgehead atoms. The number of hydrogen-bond donors (Lipinski definition) is 1. The number of alkyl halides is 3. The lowest BCUT2D eigenvalue weighted by Crippen LogP contribution is -2.36. The van der Waals surface area contributed by atoms with Gasteiger partial charge < -0.3 is 9.32 Å².